The molecule has 0 spiro atoms. The monoisotopic (exact) mass is 377 g/mol. The second-order valence-electron chi connectivity index (χ2n) is 7.74. The summed E-state index contributed by atoms with van der Waals surface area (Å²) in [4.78, 5) is 42.4. The number of aromatic nitrogens is 1. The van der Waals surface area contributed by atoms with Crippen LogP contribution in [-0.4, -0.2) is 45.6 Å². The van der Waals surface area contributed by atoms with Gasteiger partial charge in [-0.3, -0.25) is 19.4 Å². The van der Waals surface area contributed by atoms with Gasteiger partial charge in [-0.1, -0.05) is 6.07 Å². The molecule has 0 saturated heterocycles. The quantitative estimate of drug-likeness (QED) is 0.618. The van der Waals surface area contributed by atoms with Crippen molar-refractivity contribution in [1.29, 1.82) is 0 Å². The molecule has 0 amide bonds. The fraction of sp³-hybridized carbons (Fsp3) is 0.600. The lowest BCUT2D eigenvalue weighted by Gasteiger charge is -2.43. The Bertz CT molecular complexity index is 690. The summed E-state index contributed by atoms with van der Waals surface area (Å²) in [7, 11) is 0. The maximum atomic E-state index is 12.8. The van der Waals surface area contributed by atoms with E-state index in [-0.39, 0.29) is 6.42 Å². The molecule has 2 rings (SSSR count). The number of carbonyl (C=O) groups excluding carboxylic acids is 3. The first-order valence-corrected chi connectivity index (χ1v) is 9.10. The zero-order valence-corrected chi connectivity index (χ0v) is 16.3. The highest BCUT2D eigenvalue weighted by atomic mass is 16.5. The third-order valence-electron chi connectivity index (χ3n) is 4.55. The van der Waals surface area contributed by atoms with Crippen molar-refractivity contribution < 1.29 is 29.0 Å². The molecule has 1 saturated carbocycles. The van der Waals surface area contributed by atoms with Crippen molar-refractivity contribution in [1.82, 2.24) is 4.98 Å². The van der Waals surface area contributed by atoms with Gasteiger partial charge in [-0.15, -0.1) is 0 Å². The van der Waals surface area contributed by atoms with Gasteiger partial charge in [0.25, 0.3) is 0 Å². The summed E-state index contributed by atoms with van der Waals surface area (Å²) in [6.07, 6.45) is 1.89. The van der Waals surface area contributed by atoms with Gasteiger partial charge in [0.05, 0.1) is 23.7 Å². The van der Waals surface area contributed by atoms with Crippen LogP contribution < -0.4 is 0 Å². The molecule has 1 heterocycles. The molecule has 148 valence electrons. The Labute approximate surface area is 159 Å². The predicted octanol–water partition coefficient (Wildman–Crippen LogP) is 2.02. The van der Waals surface area contributed by atoms with Gasteiger partial charge in [-0.05, 0) is 46.2 Å². The summed E-state index contributed by atoms with van der Waals surface area (Å²) in [6.45, 7) is 8.19. The Morgan fingerprint density at radius 3 is 2.30 bits per heavy atom. The molecular weight excluding hydrogens is 350 g/mol. The third-order valence-corrected chi connectivity index (χ3v) is 4.55. The first kappa shape index (κ1) is 21.0. The van der Waals surface area contributed by atoms with Crippen LogP contribution in [0, 0.1) is 11.8 Å². The number of esters is 2. The normalized spacial score (nSPS) is 28.3. The number of carbonyl (C=O) groups is 3. The van der Waals surface area contributed by atoms with Crippen LogP contribution in [0.1, 0.15) is 52.5 Å². The van der Waals surface area contributed by atoms with Crippen LogP contribution in [0.2, 0.25) is 0 Å². The Kier molecular flexibility index (Phi) is 6.36. The summed E-state index contributed by atoms with van der Waals surface area (Å²) in [6, 6.07) is 3.33. The molecule has 1 aromatic heterocycles. The standard InChI is InChI=1S/C20H27NO6/c1-11(2)26-18(23)16-14(22)9-20(5,25)17(19(24)27-12(3)4)15(16)13-7-6-8-21-10-13/h6-8,10-12,15-17,25H,9H2,1-5H3/t15-,16-,17-,20+/m1/s1. The zero-order chi connectivity index (χ0) is 20.4. The van der Waals surface area contributed by atoms with Crippen LogP contribution in [0.15, 0.2) is 24.5 Å². The van der Waals surface area contributed by atoms with Crippen LogP contribution >= 0.6 is 0 Å². The zero-order valence-electron chi connectivity index (χ0n) is 16.3. The van der Waals surface area contributed by atoms with Gasteiger partial charge in [0.1, 0.15) is 5.92 Å². The molecular formula is C20H27NO6. The molecule has 0 bridgehead atoms. The van der Waals surface area contributed by atoms with Crippen LogP contribution in [0.25, 0.3) is 0 Å². The number of pyridine rings is 1. The van der Waals surface area contributed by atoms with Gasteiger partial charge in [0, 0.05) is 24.7 Å². The summed E-state index contributed by atoms with van der Waals surface area (Å²) in [5.74, 6) is -5.06. The highest BCUT2D eigenvalue weighted by Crippen LogP contribution is 2.46. The number of hydrogen-bond donors (Lipinski definition) is 1. The highest BCUT2D eigenvalue weighted by Gasteiger charge is 2.57. The van der Waals surface area contributed by atoms with E-state index in [4.69, 9.17) is 9.47 Å². The smallest absolute Gasteiger partial charge is 0.317 e. The lowest BCUT2D eigenvalue weighted by atomic mass is 9.62. The van der Waals surface area contributed by atoms with Crippen molar-refractivity contribution in [2.45, 2.75) is 64.8 Å². The molecule has 27 heavy (non-hydrogen) atoms. The molecule has 0 unspecified atom stereocenters. The summed E-state index contributed by atoms with van der Waals surface area (Å²) < 4.78 is 10.6. The minimum atomic E-state index is -1.65. The largest absolute Gasteiger partial charge is 0.463 e. The molecule has 1 fully saturated rings. The van der Waals surface area contributed by atoms with E-state index >= 15 is 0 Å². The maximum Gasteiger partial charge on any atom is 0.317 e. The molecule has 1 aliphatic carbocycles. The van der Waals surface area contributed by atoms with Crippen molar-refractivity contribution in [3.63, 3.8) is 0 Å². The van der Waals surface area contributed by atoms with Gasteiger partial charge in [0.2, 0.25) is 0 Å². The van der Waals surface area contributed by atoms with Crippen molar-refractivity contribution in [3.8, 4) is 0 Å². The molecule has 7 heteroatoms. The van der Waals surface area contributed by atoms with E-state index in [2.05, 4.69) is 4.98 Å². The minimum absolute atomic E-state index is 0.334. The number of hydrogen-bond acceptors (Lipinski definition) is 7. The Balaban J connectivity index is 2.57. The fourth-order valence-electron chi connectivity index (χ4n) is 3.60. The third kappa shape index (κ3) is 4.71. The average molecular weight is 377 g/mol. The lowest BCUT2D eigenvalue weighted by molar-refractivity contribution is -0.176. The number of ketones is 1. The molecule has 0 aromatic carbocycles. The van der Waals surface area contributed by atoms with E-state index in [9.17, 15) is 19.5 Å². The van der Waals surface area contributed by atoms with Crippen molar-refractivity contribution in [2.75, 3.05) is 0 Å². The summed E-state index contributed by atoms with van der Waals surface area (Å²) >= 11 is 0. The van der Waals surface area contributed by atoms with Crippen LogP contribution in [-0.2, 0) is 23.9 Å². The van der Waals surface area contributed by atoms with Gasteiger partial charge in [0.15, 0.2) is 5.78 Å². The SMILES string of the molecule is CC(C)OC(=O)[C@@H]1C(=O)C[C@](C)(O)[C@@H](C(=O)OC(C)C)[C@@H]1c1cccnc1. The van der Waals surface area contributed by atoms with Crippen LogP contribution in [0.5, 0.6) is 0 Å². The Morgan fingerprint density at radius 2 is 1.78 bits per heavy atom. The van der Waals surface area contributed by atoms with Crippen molar-refractivity contribution >= 4 is 17.7 Å². The van der Waals surface area contributed by atoms with E-state index in [0.717, 1.165) is 0 Å². The molecule has 4 atom stereocenters. The van der Waals surface area contributed by atoms with Gasteiger partial charge >= 0.3 is 11.9 Å². The van der Waals surface area contributed by atoms with E-state index in [1.807, 2.05) is 0 Å². The molecule has 7 nitrogen and oxygen atoms in total. The number of aliphatic hydroxyl groups is 1. The first-order chi connectivity index (χ1) is 12.5. The number of ether oxygens (including phenoxy) is 2. The second-order valence-corrected chi connectivity index (χ2v) is 7.74. The Morgan fingerprint density at radius 1 is 1.19 bits per heavy atom. The molecule has 0 aliphatic heterocycles. The Hall–Kier alpha value is -2.28. The van der Waals surface area contributed by atoms with E-state index in [0.29, 0.717) is 5.56 Å². The topological polar surface area (TPSA) is 103 Å². The van der Waals surface area contributed by atoms with Gasteiger partial charge in [-0.2, -0.15) is 0 Å². The molecule has 0 radical (unpaired) electrons. The highest BCUT2D eigenvalue weighted by molar-refractivity contribution is 6.02. The maximum absolute atomic E-state index is 12.8. The minimum Gasteiger partial charge on any atom is -0.463 e. The summed E-state index contributed by atoms with van der Waals surface area (Å²) in [5, 5.41) is 10.9. The number of Topliss-reactive ketones (excluding diaryl/α,β-unsaturated/α-hetero) is 1. The average Bonchev–Trinajstić information content (AvgIpc) is 2.52. The predicted molar refractivity (Wildman–Crippen MR) is 96.7 cm³/mol. The van der Waals surface area contributed by atoms with Crippen molar-refractivity contribution in [3.05, 3.63) is 30.1 Å². The summed E-state index contributed by atoms with van der Waals surface area (Å²) in [5.41, 5.74) is -1.15. The number of rotatable bonds is 5. The lowest BCUT2D eigenvalue weighted by Crippen LogP contribution is -2.55. The first-order valence-electron chi connectivity index (χ1n) is 9.10. The second kappa shape index (κ2) is 8.17. The van der Waals surface area contributed by atoms with E-state index < -0.39 is 53.3 Å². The number of nitrogens with zero attached hydrogens (tertiary/aromatic N) is 1. The fourth-order valence-corrected chi connectivity index (χ4v) is 3.60. The molecule has 1 aromatic rings. The van der Waals surface area contributed by atoms with Gasteiger partial charge in [-0.25, -0.2) is 0 Å². The van der Waals surface area contributed by atoms with Crippen molar-refractivity contribution in [2.24, 2.45) is 11.8 Å². The molecule has 1 N–H and O–H groups in total. The van der Waals surface area contributed by atoms with E-state index in [1.165, 1.54) is 13.1 Å². The van der Waals surface area contributed by atoms with Crippen LogP contribution in [0.3, 0.4) is 0 Å². The van der Waals surface area contributed by atoms with Crippen LogP contribution in [0.4, 0.5) is 0 Å². The van der Waals surface area contributed by atoms with E-state index in [1.54, 1.807) is 46.0 Å². The molecule has 1 aliphatic rings. The van der Waals surface area contributed by atoms with Gasteiger partial charge < -0.3 is 14.6 Å².